The van der Waals surface area contributed by atoms with Crippen molar-refractivity contribution in [1.82, 2.24) is 10.3 Å². The van der Waals surface area contributed by atoms with Crippen molar-refractivity contribution in [2.24, 2.45) is 0 Å². The number of thioether (sulfide) groups is 1. The van der Waals surface area contributed by atoms with Gasteiger partial charge in [-0.2, -0.15) is 0 Å². The van der Waals surface area contributed by atoms with Crippen molar-refractivity contribution in [3.63, 3.8) is 0 Å². The number of H-pyrrole nitrogens is 1. The van der Waals surface area contributed by atoms with Crippen molar-refractivity contribution in [3.8, 4) is 5.75 Å². The molecule has 0 spiro atoms. The van der Waals surface area contributed by atoms with Gasteiger partial charge in [0.25, 0.3) is 0 Å². The van der Waals surface area contributed by atoms with Crippen LogP contribution in [0.4, 0.5) is 0 Å². The Morgan fingerprint density at radius 2 is 1.83 bits per heavy atom. The topological polar surface area (TPSA) is 80.4 Å². The molecule has 2 aromatic carbocycles. The third-order valence-electron chi connectivity index (χ3n) is 4.70. The highest BCUT2D eigenvalue weighted by atomic mass is 32.2. The second-order valence-corrected chi connectivity index (χ2v) is 7.47. The lowest BCUT2D eigenvalue weighted by atomic mass is 9.91. The van der Waals surface area contributed by atoms with Gasteiger partial charge in [-0.1, -0.05) is 30.3 Å². The summed E-state index contributed by atoms with van der Waals surface area (Å²) >= 11 is 1.24. The molecule has 1 aromatic heterocycles. The number of hydrogen-bond acceptors (Lipinski definition) is 5. The van der Waals surface area contributed by atoms with E-state index in [0.717, 1.165) is 27.8 Å². The van der Waals surface area contributed by atoms with E-state index in [2.05, 4.69) is 21.1 Å². The monoisotopic (exact) mass is 412 g/mol. The fraction of sp³-hybridized carbons (Fsp3) is 0.273. The zero-order valence-electron chi connectivity index (χ0n) is 16.4. The van der Waals surface area contributed by atoms with E-state index in [1.54, 1.807) is 7.11 Å². The van der Waals surface area contributed by atoms with Crippen molar-refractivity contribution >= 4 is 34.5 Å². The maximum absolute atomic E-state index is 12.3. The molecule has 2 N–H and O–H groups in total. The molecule has 7 heteroatoms. The Bertz CT molecular complexity index is 968. The first-order chi connectivity index (χ1) is 14.1. The minimum Gasteiger partial charge on any atom is -0.497 e. The average Bonchev–Trinajstić information content (AvgIpc) is 3.18. The van der Waals surface area contributed by atoms with E-state index in [0.29, 0.717) is 6.54 Å². The van der Waals surface area contributed by atoms with Crippen LogP contribution in [0, 0.1) is 0 Å². The summed E-state index contributed by atoms with van der Waals surface area (Å²) in [6, 6.07) is 16.0. The highest BCUT2D eigenvalue weighted by molar-refractivity contribution is 8.00. The van der Waals surface area contributed by atoms with Crippen LogP contribution in [0.1, 0.15) is 17.0 Å². The van der Waals surface area contributed by atoms with Gasteiger partial charge in [-0.3, -0.25) is 9.59 Å². The van der Waals surface area contributed by atoms with Gasteiger partial charge >= 0.3 is 5.97 Å². The molecule has 6 nitrogen and oxygen atoms in total. The second kappa shape index (κ2) is 10.0. The Labute approximate surface area is 174 Å². The molecular weight excluding hydrogens is 388 g/mol. The average molecular weight is 413 g/mol. The largest absolute Gasteiger partial charge is 0.497 e. The van der Waals surface area contributed by atoms with Gasteiger partial charge in [-0.05, 0) is 29.3 Å². The van der Waals surface area contributed by atoms with Gasteiger partial charge in [0.2, 0.25) is 5.91 Å². The molecule has 1 heterocycles. The molecule has 3 aromatic rings. The number of ether oxygens (including phenoxy) is 2. The van der Waals surface area contributed by atoms with Crippen molar-refractivity contribution in [2.45, 2.75) is 5.92 Å². The van der Waals surface area contributed by atoms with E-state index < -0.39 is 0 Å². The highest BCUT2D eigenvalue weighted by Crippen LogP contribution is 2.31. The van der Waals surface area contributed by atoms with Crippen LogP contribution in [0.15, 0.2) is 54.7 Å². The van der Waals surface area contributed by atoms with Gasteiger partial charge in [0.1, 0.15) is 5.75 Å². The van der Waals surface area contributed by atoms with Gasteiger partial charge in [-0.15, -0.1) is 11.8 Å². The zero-order valence-corrected chi connectivity index (χ0v) is 17.3. The molecule has 0 radical (unpaired) electrons. The number of para-hydroxylation sites is 1. The molecule has 0 saturated heterocycles. The molecule has 29 heavy (non-hydrogen) atoms. The molecule has 152 valence electrons. The van der Waals surface area contributed by atoms with E-state index in [1.807, 2.05) is 48.7 Å². The summed E-state index contributed by atoms with van der Waals surface area (Å²) in [6.07, 6.45) is 2.00. The Morgan fingerprint density at radius 1 is 1.07 bits per heavy atom. The Balaban J connectivity index is 1.76. The number of carbonyl (C=O) groups is 2. The molecule has 0 fully saturated rings. The lowest BCUT2D eigenvalue weighted by Crippen LogP contribution is -2.30. The number of amides is 1. The summed E-state index contributed by atoms with van der Waals surface area (Å²) in [6.45, 7) is 0.450. The van der Waals surface area contributed by atoms with E-state index in [-0.39, 0.29) is 29.3 Å². The van der Waals surface area contributed by atoms with Gasteiger partial charge in [-0.25, -0.2) is 0 Å². The zero-order chi connectivity index (χ0) is 20.6. The molecule has 0 aliphatic carbocycles. The predicted octanol–water partition coefficient (Wildman–Crippen LogP) is 3.33. The van der Waals surface area contributed by atoms with Crippen molar-refractivity contribution in [2.75, 3.05) is 32.3 Å². The lowest BCUT2D eigenvalue weighted by molar-refractivity contribution is -0.137. The quantitative estimate of drug-likeness (QED) is 0.527. The lowest BCUT2D eigenvalue weighted by Gasteiger charge is -2.18. The van der Waals surface area contributed by atoms with Crippen LogP contribution >= 0.6 is 11.8 Å². The molecule has 1 atom stereocenters. The molecular formula is C22H24N2O4S. The summed E-state index contributed by atoms with van der Waals surface area (Å²) in [4.78, 5) is 26.8. The number of fused-ring (bicyclic) bond motifs is 1. The number of aromatic amines is 1. The molecule has 0 bridgehead atoms. The maximum Gasteiger partial charge on any atom is 0.315 e. The molecule has 1 unspecified atom stereocenters. The van der Waals surface area contributed by atoms with Gasteiger partial charge in [0.15, 0.2) is 0 Å². The van der Waals surface area contributed by atoms with Crippen molar-refractivity contribution < 1.29 is 19.1 Å². The minimum absolute atomic E-state index is 0.0217. The molecule has 0 saturated carbocycles. The summed E-state index contributed by atoms with van der Waals surface area (Å²) in [5.74, 6) is 0.684. The smallest absolute Gasteiger partial charge is 0.315 e. The first kappa shape index (κ1) is 20.8. The Hall–Kier alpha value is -2.93. The number of rotatable bonds is 9. The van der Waals surface area contributed by atoms with E-state index >= 15 is 0 Å². The van der Waals surface area contributed by atoms with E-state index in [9.17, 15) is 9.59 Å². The number of benzene rings is 2. The van der Waals surface area contributed by atoms with E-state index in [4.69, 9.17) is 4.74 Å². The maximum atomic E-state index is 12.3. The number of hydrogen-bond donors (Lipinski definition) is 2. The van der Waals surface area contributed by atoms with Gasteiger partial charge < -0.3 is 19.8 Å². The number of carbonyl (C=O) groups excluding carboxylic acids is 2. The first-order valence-corrected chi connectivity index (χ1v) is 10.4. The van der Waals surface area contributed by atoms with Crippen LogP contribution in [-0.4, -0.2) is 49.1 Å². The van der Waals surface area contributed by atoms with Crippen LogP contribution < -0.4 is 10.1 Å². The minimum atomic E-state index is -0.335. The second-order valence-electron chi connectivity index (χ2n) is 6.49. The number of esters is 1. The van der Waals surface area contributed by atoms with Crippen molar-refractivity contribution in [1.29, 1.82) is 0 Å². The Kier molecular flexibility index (Phi) is 7.19. The van der Waals surface area contributed by atoms with Gasteiger partial charge in [0, 0.05) is 29.6 Å². The fourth-order valence-corrected chi connectivity index (χ4v) is 3.85. The van der Waals surface area contributed by atoms with Crippen LogP contribution in [0.5, 0.6) is 5.75 Å². The Morgan fingerprint density at radius 3 is 2.55 bits per heavy atom. The standard InChI is InChI=1S/C22H24N2O4S/c1-27-16-9-7-15(8-10-16)18(11-24-21(25)13-29-14-22(26)28-2)19-12-23-20-6-4-3-5-17(19)20/h3-10,12,18,23H,11,13-14H2,1-2H3,(H,24,25). The van der Waals surface area contributed by atoms with E-state index in [1.165, 1.54) is 18.9 Å². The summed E-state index contributed by atoms with van der Waals surface area (Å²) in [5.41, 5.74) is 3.26. The van der Waals surface area contributed by atoms with Crippen LogP contribution in [0.3, 0.4) is 0 Å². The molecule has 1 amide bonds. The third-order valence-corrected chi connectivity index (χ3v) is 5.61. The number of nitrogens with one attached hydrogen (secondary N) is 2. The molecule has 0 aliphatic rings. The van der Waals surface area contributed by atoms with Crippen LogP contribution in [0.2, 0.25) is 0 Å². The van der Waals surface area contributed by atoms with Gasteiger partial charge in [0.05, 0.1) is 25.7 Å². The number of methoxy groups -OCH3 is 2. The van der Waals surface area contributed by atoms with Crippen LogP contribution in [0.25, 0.3) is 10.9 Å². The van der Waals surface area contributed by atoms with Crippen LogP contribution in [-0.2, 0) is 14.3 Å². The third kappa shape index (κ3) is 5.32. The molecule has 0 aliphatic heterocycles. The SMILES string of the molecule is COC(=O)CSCC(=O)NCC(c1ccc(OC)cc1)c1c[nH]c2ccccc12. The summed E-state index contributed by atoms with van der Waals surface area (Å²) < 4.78 is 9.86. The fourth-order valence-electron chi connectivity index (χ4n) is 3.18. The highest BCUT2D eigenvalue weighted by Gasteiger charge is 2.19. The normalized spacial score (nSPS) is 11.8. The number of aromatic nitrogens is 1. The summed E-state index contributed by atoms with van der Waals surface area (Å²) in [7, 11) is 2.97. The first-order valence-electron chi connectivity index (χ1n) is 9.23. The predicted molar refractivity (Wildman–Crippen MR) is 115 cm³/mol. The van der Waals surface area contributed by atoms with Crippen molar-refractivity contribution in [3.05, 3.63) is 65.9 Å². The summed E-state index contributed by atoms with van der Waals surface area (Å²) in [5, 5.41) is 4.12. The molecule has 3 rings (SSSR count).